The maximum atomic E-state index is 12.7. The van der Waals surface area contributed by atoms with Gasteiger partial charge in [-0.25, -0.2) is 4.79 Å². The van der Waals surface area contributed by atoms with Crippen LogP contribution in [0.2, 0.25) is 0 Å². The van der Waals surface area contributed by atoms with Crippen molar-refractivity contribution < 1.29 is 14.3 Å². The molecule has 1 heterocycles. The minimum Gasteiger partial charge on any atom is -0.490 e. The molecule has 5 heteroatoms. The lowest BCUT2D eigenvalue weighted by Gasteiger charge is -2.29. The summed E-state index contributed by atoms with van der Waals surface area (Å²) >= 11 is 0. The molecule has 0 radical (unpaired) electrons. The number of carbonyl (C=O) groups excluding carboxylic acids is 1. The van der Waals surface area contributed by atoms with E-state index in [0.29, 0.717) is 37.8 Å². The molecule has 1 N–H and O–H groups in total. The van der Waals surface area contributed by atoms with Gasteiger partial charge in [-0.15, -0.1) is 0 Å². The van der Waals surface area contributed by atoms with Crippen LogP contribution in [0.4, 0.5) is 4.79 Å². The summed E-state index contributed by atoms with van der Waals surface area (Å²) in [5.41, 5.74) is 1.04. The lowest BCUT2D eigenvalue weighted by atomic mass is 10.2. The Hall–Kier alpha value is -1.91. The first-order valence-electron chi connectivity index (χ1n) is 9.17. The van der Waals surface area contributed by atoms with Crippen molar-refractivity contribution in [2.24, 2.45) is 5.92 Å². The largest absolute Gasteiger partial charge is 0.490 e. The molecule has 0 spiro atoms. The first-order valence-corrected chi connectivity index (χ1v) is 9.17. The van der Waals surface area contributed by atoms with Gasteiger partial charge in [-0.1, -0.05) is 6.07 Å². The highest BCUT2D eigenvalue weighted by molar-refractivity contribution is 5.75. The minimum absolute atomic E-state index is 0.0732. The van der Waals surface area contributed by atoms with Crippen molar-refractivity contribution in [2.75, 3.05) is 13.2 Å². The summed E-state index contributed by atoms with van der Waals surface area (Å²) in [5, 5.41) is 3.10. The van der Waals surface area contributed by atoms with Gasteiger partial charge in [0.2, 0.25) is 0 Å². The van der Waals surface area contributed by atoms with Gasteiger partial charge in [0.15, 0.2) is 11.5 Å². The maximum absolute atomic E-state index is 12.7. The molecule has 130 valence electrons. The third-order valence-electron chi connectivity index (χ3n) is 5.17. The number of rotatable bonds is 5. The molecule has 0 aromatic heterocycles. The van der Waals surface area contributed by atoms with Gasteiger partial charge in [-0.05, 0) is 56.2 Å². The van der Waals surface area contributed by atoms with Crippen molar-refractivity contribution in [3.8, 4) is 11.5 Å². The Balaban J connectivity index is 1.38. The van der Waals surface area contributed by atoms with Crippen molar-refractivity contribution in [2.45, 2.75) is 57.7 Å². The Bertz CT molecular complexity index is 611. The maximum Gasteiger partial charge on any atom is 0.318 e. The molecule has 0 unspecified atom stereocenters. The Labute approximate surface area is 143 Å². The van der Waals surface area contributed by atoms with Crippen LogP contribution in [0, 0.1) is 5.92 Å². The van der Waals surface area contributed by atoms with E-state index in [1.165, 1.54) is 12.8 Å². The average molecular weight is 330 g/mol. The molecule has 3 aliphatic rings. The minimum atomic E-state index is 0.0732. The fraction of sp³-hybridized carbons (Fsp3) is 0.632. The first kappa shape index (κ1) is 15.6. The number of urea groups is 1. The lowest BCUT2D eigenvalue weighted by Crippen LogP contribution is -2.47. The zero-order valence-electron chi connectivity index (χ0n) is 14.3. The van der Waals surface area contributed by atoms with Gasteiger partial charge < -0.3 is 19.7 Å². The van der Waals surface area contributed by atoms with Crippen LogP contribution in [0.15, 0.2) is 18.2 Å². The molecule has 1 aromatic carbocycles. The molecule has 4 rings (SSSR count). The summed E-state index contributed by atoms with van der Waals surface area (Å²) in [7, 11) is 0. The Kier molecular flexibility index (Phi) is 4.25. The molecular formula is C19H26N2O3. The number of amides is 2. The molecule has 0 saturated heterocycles. The van der Waals surface area contributed by atoms with Crippen molar-refractivity contribution in [1.29, 1.82) is 0 Å². The number of nitrogens with one attached hydrogen (secondary N) is 1. The number of fused-ring (bicyclic) bond motifs is 1. The molecule has 1 aliphatic heterocycles. The predicted molar refractivity (Wildman–Crippen MR) is 91.3 cm³/mol. The van der Waals surface area contributed by atoms with Gasteiger partial charge >= 0.3 is 6.03 Å². The number of carbonyl (C=O) groups is 1. The summed E-state index contributed by atoms with van der Waals surface area (Å²) in [6.07, 6.45) is 5.72. The van der Waals surface area contributed by atoms with Crippen molar-refractivity contribution in [1.82, 2.24) is 10.2 Å². The smallest absolute Gasteiger partial charge is 0.318 e. The highest BCUT2D eigenvalue weighted by Crippen LogP contribution is 2.39. The van der Waals surface area contributed by atoms with Crippen LogP contribution in [-0.4, -0.2) is 36.2 Å². The van der Waals surface area contributed by atoms with Gasteiger partial charge in [-0.3, -0.25) is 0 Å². The third-order valence-corrected chi connectivity index (χ3v) is 5.17. The molecule has 2 fully saturated rings. The van der Waals surface area contributed by atoms with Crippen LogP contribution in [0.25, 0.3) is 0 Å². The molecule has 2 saturated carbocycles. The summed E-state index contributed by atoms with van der Waals surface area (Å²) in [6, 6.07) is 6.80. The number of ether oxygens (including phenoxy) is 2. The summed E-state index contributed by atoms with van der Waals surface area (Å²) in [4.78, 5) is 14.8. The van der Waals surface area contributed by atoms with Gasteiger partial charge in [0.1, 0.15) is 0 Å². The van der Waals surface area contributed by atoms with Crippen molar-refractivity contribution in [3.63, 3.8) is 0 Å². The number of hydrogen-bond donors (Lipinski definition) is 1. The Morgan fingerprint density at radius 1 is 1.21 bits per heavy atom. The number of benzene rings is 1. The fourth-order valence-electron chi connectivity index (χ4n) is 3.43. The topological polar surface area (TPSA) is 50.8 Å². The predicted octanol–water partition coefficient (Wildman–Crippen LogP) is 3.32. The van der Waals surface area contributed by atoms with Crippen LogP contribution in [0.1, 0.15) is 44.6 Å². The highest BCUT2D eigenvalue weighted by atomic mass is 16.5. The van der Waals surface area contributed by atoms with Crippen LogP contribution >= 0.6 is 0 Å². The van der Waals surface area contributed by atoms with E-state index in [-0.39, 0.29) is 6.03 Å². The van der Waals surface area contributed by atoms with Crippen LogP contribution in [0.3, 0.4) is 0 Å². The summed E-state index contributed by atoms with van der Waals surface area (Å²) in [5.74, 6) is 2.28. The van der Waals surface area contributed by atoms with Crippen LogP contribution in [0.5, 0.6) is 11.5 Å². The van der Waals surface area contributed by atoms with E-state index in [1.807, 2.05) is 18.2 Å². The van der Waals surface area contributed by atoms with Crippen molar-refractivity contribution >= 4 is 6.03 Å². The molecular weight excluding hydrogens is 304 g/mol. The van der Waals surface area contributed by atoms with Gasteiger partial charge in [-0.2, -0.15) is 0 Å². The van der Waals surface area contributed by atoms with Gasteiger partial charge in [0.25, 0.3) is 0 Å². The van der Waals surface area contributed by atoms with E-state index in [1.54, 1.807) is 0 Å². The summed E-state index contributed by atoms with van der Waals surface area (Å²) < 4.78 is 11.4. The average Bonchev–Trinajstić information content (AvgIpc) is 3.46. The zero-order chi connectivity index (χ0) is 16.5. The first-order chi connectivity index (χ1) is 11.7. The lowest BCUT2D eigenvalue weighted by molar-refractivity contribution is 0.166. The molecule has 2 amide bonds. The number of nitrogens with zero attached hydrogens (tertiary/aromatic N) is 1. The number of hydrogen-bond acceptors (Lipinski definition) is 3. The second kappa shape index (κ2) is 6.54. The quantitative estimate of drug-likeness (QED) is 0.901. The van der Waals surface area contributed by atoms with E-state index in [0.717, 1.165) is 36.3 Å². The molecule has 2 aliphatic carbocycles. The molecule has 24 heavy (non-hydrogen) atoms. The second-order valence-corrected chi connectivity index (χ2v) is 7.21. The molecule has 1 aromatic rings. The third kappa shape index (κ3) is 3.45. The second-order valence-electron chi connectivity index (χ2n) is 7.21. The molecule has 0 bridgehead atoms. The van der Waals surface area contributed by atoms with E-state index >= 15 is 0 Å². The van der Waals surface area contributed by atoms with E-state index in [2.05, 4.69) is 17.1 Å². The van der Waals surface area contributed by atoms with E-state index in [9.17, 15) is 4.79 Å². The van der Waals surface area contributed by atoms with Crippen LogP contribution < -0.4 is 14.8 Å². The summed E-state index contributed by atoms with van der Waals surface area (Å²) in [6.45, 7) is 4.09. The Morgan fingerprint density at radius 2 is 1.96 bits per heavy atom. The molecule has 1 atom stereocenters. The normalized spacial score (nSPS) is 20.9. The monoisotopic (exact) mass is 330 g/mol. The SMILES string of the molecule is C[C@@H](C1CC1)N(C(=O)NCc1ccc2c(c1)OCCCO2)C1CC1. The van der Waals surface area contributed by atoms with E-state index in [4.69, 9.17) is 9.47 Å². The zero-order valence-corrected chi connectivity index (χ0v) is 14.3. The van der Waals surface area contributed by atoms with Crippen LogP contribution in [-0.2, 0) is 6.54 Å². The van der Waals surface area contributed by atoms with E-state index < -0.39 is 0 Å². The van der Waals surface area contributed by atoms with Crippen molar-refractivity contribution in [3.05, 3.63) is 23.8 Å². The molecule has 5 nitrogen and oxygen atoms in total. The Morgan fingerprint density at radius 3 is 2.67 bits per heavy atom. The fourth-order valence-corrected chi connectivity index (χ4v) is 3.43. The van der Waals surface area contributed by atoms with Gasteiger partial charge in [0.05, 0.1) is 13.2 Å². The van der Waals surface area contributed by atoms with Gasteiger partial charge in [0, 0.05) is 25.0 Å². The standard InChI is InChI=1S/C19H26N2O3/c1-13(15-4-5-15)21(16-6-7-16)19(22)20-12-14-3-8-17-18(11-14)24-10-2-9-23-17/h3,8,11,13,15-16H,2,4-7,9-10,12H2,1H3,(H,20,22)/t13-/m0/s1. The highest BCUT2D eigenvalue weighted by Gasteiger charge is 2.41.